The molecule has 1 aliphatic heterocycles. The van der Waals surface area contributed by atoms with E-state index in [1.807, 2.05) is 0 Å². The summed E-state index contributed by atoms with van der Waals surface area (Å²) in [7, 11) is 3.49. The van der Waals surface area contributed by atoms with E-state index >= 15 is 0 Å². The number of benzene rings is 1. The first-order chi connectivity index (χ1) is 15.0. The topological polar surface area (TPSA) is 69.2 Å². The van der Waals surface area contributed by atoms with Crippen LogP contribution in [0.1, 0.15) is 45.1 Å². The Kier molecular flexibility index (Phi) is 14.6. The van der Waals surface area contributed by atoms with E-state index < -0.39 is 0 Å². The first-order valence-corrected chi connectivity index (χ1v) is 11.6. The van der Waals surface area contributed by atoms with Crippen LogP contribution < -0.4 is 10.6 Å². The number of aliphatic imine (C=N–C) groups is 1. The number of hydrogen-bond acceptors (Lipinski definition) is 4. The molecule has 1 saturated heterocycles. The highest BCUT2D eigenvalue weighted by atomic mass is 127. The van der Waals surface area contributed by atoms with Gasteiger partial charge in [-0.25, -0.2) is 4.99 Å². The van der Waals surface area contributed by atoms with E-state index in [1.54, 1.807) is 19.0 Å². The summed E-state index contributed by atoms with van der Waals surface area (Å²) in [6.07, 6.45) is 4.45. The van der Waals surface area contributed by atoms with Crippen LogP contribution in [-0.2, 0) is 16.1 Å². The predicted molar refractivity (Wildman–Crippen MR) is 143 cm³/mol. The molecule has 1 aliphatic rings. The molecule has 1 aromatic rings. The smallest absolute Gasteiger partial charge is 0.243 e. The number of amides is 1. The largest absolute Gasteiger partial charge is 0.378 e. The van der Waals surface area contributed by atoms with Gasteiger partial charge < -0.3 is 20.3 Å². The molecule has 1 unspecified atom stereocenters. The highest BCUT2D eigenvalue weighted by Gasteiger charge is 2.19. The zero-order chi connectivity index (χ0) is 22.5. The third-order valence-corrected chi connectivity index (χ3v) is 5.62. The number of nitrogens with zero attached hydrogens (tertiary/aromatic N) is 3. The highest BCUT2D eigenvalue weighted by molar-refractivity contribution is 14.0. The molecular weight excluding hydrogens is 517 g/mol. The number of ether oxygens (including phenoxy) is 1. The number of likely N-dealkylation sites (tertiary alicyclic amines) is 1. The van der Waals surface area contributed by atoms with E-state index in [0.717, 1.165) is 58.5 Å². The summed E-state index contributed by atoms with van der Waals surface area (Å²) in [6, 6.07) is 11.0. The van der Waals surface area contributed by atoms with E-state index in [2.05, 4.69) is 64.7 Å². The first kappa shape index (κ1) is 28.6. The summed E-state index contributed by atoms with van der Waals surface area (Å²) in [6.45, 7) is 9.10. The minimum absolute atomic E-state index is 0. The van der Waals surface area contributed by atoms with E-state index in [1.165, 1.54) is 5.56 Å². The van der Waals surface area contributed by atoms with Gasteiger partial charge in [0.1, 0.15) is 6.54 Å². The molecule has 182 valence electrons. The maximum atomic E-state index is 11.8. The van der Waals surface area contributed by atoms with Crippen LogP contribution in [0, 0.1) is 0 Å². The lowest BCUT2D eigenvalue weighted by molar-refractivity contribution is -0.127. The van der Waals surface area contributed by atoms with Crippen LogP contribution in [0.3, 0.4) is 0 Å². The Hall–Kier alpha value is -1.39. The Balaban J connectivity index is 0.00000512. The number of guanidine groups is 1. The standard InChI is InChI=1S/C24H41N5O2.HI/c1-5-20(2)27-24(26-18-23(30)28(3)4)25-14-9-17-31-22-12-15-29(16-13-22)19-21-10-7-6-8-11-21;/h6-8,10-11,20,22H,5,9,12-19H2,1-4H3,(H2,25,26,27);1H. The van der Waals surface area contributed by atoms with Crippen molar-refractivity contribution in [2.75, 3.05) is 46.9 Å². The fraction of sp³-hybridized carbons (Fsp3) is 0.667. The Labute approximate surface area is 211 Å². The Morgan fingerprint density at radius 2 is 1.94 bits per heavy atom. The summed E-state index contributed by atoms with van der Waals surface area (Å²) in [5.74, 6) is 0.686. The summed E-state index contributed by atoms with van der Waals surface area (Å²) in [5.41, 5.74) is 1.38. The van der Waals surface area contributed by atoms with Crippen LogP contribution in [0.25, 0.3) is 0 Å². The number of carbonyl (C=O) groups excluding carboxylic acids is 1. The molecule has 2 N–H and O–H groups in total. The summed E-state index contributed by atoms with van der Waals surface area (Å²) >= 11 is 0. The average Bonchev–Trinajstić information content (AvgIpc) is 2.78. The molecule has 0 bridgehead atoms. The van der Waals surface area contributed by atoms with E-state index in [-0.39, 0.29) is 36.4 Å². The van der Waals surface area contributed by atoms with Crippen LogP contribution in [0.2, 0.25) is 0 Å². The number of nitrogens with one attached hydrogen (secondary N) is 2. The molecule has 7 nitrogen and oxygen atoms in total. The quantitative estimate of drug-likeness (QED) is 0.189. The van der Waals surface area contributed by atoms with Gasteiger partial charge in [-0.3, -0.25) is 9.69 Å². The molecular formula is C24H42IN5O2. The fourth-order valence-electron chi connectivity index (χ4n) is 3.38. The number of piperidine rings is 1. The molecule has 1 heterocycles. The normalized spacial score (nSPS) is 16.2. The lowest BCUT2D eigenvalue weighted by Crippen LogP contribution is -2.43. The Bertz CT molecular complexity index is 664. The molecule has 2 rings (SSSR count). The fourth-order valence-corrected chi connectivity index (χ4v) is 3.38. The van der Waals surface area contributed by atoms with Crippen LogP contribution in [-0.4, -0.2) is 80.7 Å². The lowest BCUT2D eigenvalue weighted by atomic mass is 10.1. The highest BCUT2D eigenvalue weighted by Crippen LogP contribution is 2.16. The monoisotopic (exact) mass is 559 g/mol. The van der Waals surface area contributed by atoms with Gasteiger partial charge in [0.2, 0.25) is 5.91 Å². The van der Waals surface area contributed by atoms with Crippen molar-refractivity contribution in [3.05, 3.63) is 35.9 Å². The minimum atomic E-state index is -0.00723. The third kappa shape index (κ3) is 11.5. The second-order valence-corrected chi connectivity index (χ2v) is 8.52. The molecule has 1 atom stereocenters. The SMILES string of the molecule is CCC(C)NC(=NCC(=O)N(C)C)NCCCOC1CCN(Cc2ccccc2)CC1.I. The number of carbonyl (C=O) groups is 1. The summed E-state index contributed by atoms with van der Waals surface area (Å²) in [5, 5.41) is 6.68. The van der Waals surface area contributed by atoms with Crippen molar-refractivity contribution in [3.8, 4) is 0 Å². The maximum absolute atomic E-state index is 11.8. The molecule has 0 radical (unpaired) electrons. The molecule has 0 aromatic heterocycles. The summed E-state index contributed by atoms with van der Waals surface area (Å²) < 4.78 is 6.11. The van der Waals surface area contributed by atoms with Crippen molar-refractivity contribution < 1.29 is 9.53 Å². The van der Waals surface area contributed by atoms with Gasteiger partial charge in [-0.05, 0) is 38.2 Å². The molecule has 0 saturated carbocycles. The number of hydrogen-bond donors (Lipinski definition) is 2. The van der Waals surface area contributed by atoms with Gasteiger partial charge in [0.25, 0.3) is 0 Å². The van der Waals surface area contributed by atoms with Gasteiger partial charge in [-0.2, -0.15) is 0 Å². The number of halogens is 1. The van der Waals surface area contributed by atoms with E-state index in [0.29, 0.717) is 18.1 Å². The second-order valence-electron chi connectivity index (χ2n) is 8.52. The predicted octanol–water partition coefficient (Wildman–Crippen LogP) is 3.10. The minimum Gasteiger partial charge on any atom is -0.378 e. The molecule has 8 heteroatoms. The molecule has 1 fully saturated rings. The van der Waals surface area contributed by atoms with Crippen molar-refractivity contribution in [1.29, 1.82) is 0 Å². The molecule has 0 aliphatic carbocycles. The van der Waals surface area contributed by atoms with Crippen molar-refractivity contribution in [2.24, 2.45) is 4.99 Å². The lowest BCUT2D eigenvalue weighted by Gasteiger charge is -2.32. The van der Waals surface area contributed by atoms with Crippen LogP contribution in [0.15, 0.2) is 35.3 Å². The van der Waals surface area contributed by atoms with Gasteiger partial charge in [0.15, 0.2) is 5.96 Å². The summed E-state index contributed by atoms with van der Waals surface area (Å²) in [4.78, 5) is 20.3. The van der Waals surface area contributed by atoms with Crippen molar-refractivity contribution in [1.82, 2.24) is 20.4 Å². The average molecular weight is 560 g/mol. The van der Waals surface area contributed by atoms with Gasteiger partial charge in [0.05, 0.1) is 6.10 Å². The first-order valence-electron chi connectivity index (χ1n) is 11.6. The van der Waals surface area contributed by atoms with Crippen molar-refractivity contribution >= 4 is 35.8 Å². The van der Waals surface area contributed by atoms with E-state index in [9.17, 15) is 4.79 Å². The number of likely N-dealkylation sites (N-methyl/N-ethyl adjacent to an activating group) is 1. The van der Waals surface area contributed by atoms with Gasteiger partial charge in [-0.1, -0.05) is 37.3 Å². The van der Waals surface area contributed by atoms with Crippen LogP contribution in [0.4, 0.5) is 0 Å². The van der Waals surface area contributed by atoms with Crippen LogP contribution in [0.5, 0.6) is 0 Å². The van der Waals surface area contributed by atoms with Crippen molar-refractivity contribution in [2.45, 2.75) is 58.2 Å². The molecule has 0 spiro atoms. The molecule has 1 amide bonds. The van der Waals surface area contributed by atoms with Gasteiger partial charge in [-0.15, -0.1) is 24.0 Å². The maximum Gasteiger partial charge on any atom is 0.243 e. The third-order valence-electron chi connectivity index (χ3n) is 5.62. The molecule has 1 aromatic carbocycles. The zero-order valence-corrected chi connectivity index (χ0v) is 22.5. The number of rotatable bonds is 11. The van der Waals surface area contributed by atoms with Crippen molar-refractivity contribution in [3.63, 3.8) is 0 Å². The Morgan fingerprint density at radius 3 is 2.56 bits per heavy atom. The second kappa shape index (κ2) is 16.3. The Morgan fingerprint density at radius 1 is 1.25 bits per heavy atom. The van der Waals surface area contributed by atoms with Gasteiger partial charge in [0, 0.05) is 52.9 Å². The van der Waals surface area contributed by atoms with Gasteiger partial charge >= 0.3 is 0 Å². The zero-order valence-electron chi connectivity index (χ0n) is 20.2. The van der Waals surface area contributed by atoms with E-state index in [4.69, 9.17) is 4.74 Å². The molecule has 32 heavy (non-hydrogen) atoms. The van der Waals surface area contributed by atoms with Crippen LogP contribution >= 0.6 is 24.0 Å².